The Morgan fingerprint density at radius 2 is 1.00 bits per heavy atom. The van der Waals surface area contributed by atoms with Gasteiger partial charge in [0.1, 0.15) is 0 Å². The van der Waals surface area contributed by atoms with E-state index >= 15 is 0 Å². The van der Waals surface area contributed by atoms with Crippen molar-refractivity contribution in [2.45, 2.75) is 64.2 Å². The SMILES string of the molecule is C[Si](C)(CCCNCc1ccccc1)O[Si](C)(C)CCCNCc1ccccc1. The Kier molecular flexibility index (Phi) is 10.3. The second kappa shape index (κ2) is 12.4. The largest absolute Gasteiger partial charge is 0.455 e. The van der Waals surface area contributed by atoms with Gasteiger partial charge in [-0.3, -0.25) is 0 Å². The van der Waals surface area contributed by atoms with Crippen LogP contribution in [0.3, 0.4) is 0 Å². The first-order valence-corrected chi connectivity index (χ1v) is 17.3. The molecule has 2 rings (SSSR count). The van der Waals surface area contributed by atoms with Gasteiger partial charge in [-0.25, -0.2) is 0 Å². The fourth-order valence-corrected chi connectivity index (χ4v) is 12.6. The molecular weight excluding hydrogens is 388 g/mol. The maximum absolute atomic E-state index is 6.78. The topological polar surface area (TPSA) is 33.3 Å². The lowest BCUT2D eigenvalue weighted by molar-refractivity contribution is 0.523. The molecule has 0 atom stereocenters. The summed E-state index contributed by atoms with van der Waals surface area (Å²) < 4.78 is 6.78. The highest BCUT2D eigenvalue weighted by molar-refractivity contribution is 6.84. The van der Waals surface area contributed by atoms with Crippen molar-refractivity contribution in [1.82, 2.24) is 10.6 Å². The number of rotatable bonds is 14. The van der Waals surface area contributed by atoms with Crippen LogP contribution in [0.5, 0.6) is 0 Å². The molecule has 0 saturated heterocycles. The van der Waals surface area contributed by atoms with Crippen LogP contribution in [0.4, 0.5) is 0 Å². The molecule has 0 aromatic heterocycles. The summed E-state index contributed by atoms with van der Waals surface area (Å²) in [5, 5.41) is 7.14. The Morgan fingerprint density at radius 3 is 1.38 bits per heavy atom. The van der Waals surface area contributed by atoms with Crippen molar-refractivity contribution in [3.8, 4) is 0 Å². The molecule has 0 fully saturated rings. The summed E-state index contributed by atoms with van der Waals surface area (Å²) in [4.78, 5) is 0. The van der Waals surface area contributed by atoms with Gasteiger partial charge in [-0.05, 0) is 75.3 Å². The number of hydrogen-bond donors (Lipinski definition) is 2. The van der Waals surface area contributed by atoms with Crippen molar-refractivity contribution in [2.24, 2.45) is 0 Å². The summed E-state index contributed by atoms with van der Waals surface area (Å²) >= 11 is 0. The highest BCUT2D eigenvalue weighted by atomic mass is 28.4. The summed E-state index contributed by atoms with van der Waals surface area (Å²) in [6, 6.07) is 23.7. The zero-order chi connectivity index (χ0) is 21.0. The fourth-order valence-electron chi connectivity index (χ4n) is 3.79. The third-order valence-corrected chi connectivity index (χ3v) is 12.7. The van der Waals surface area contributed by atoms with Crippen LogP contribution in [-0.2, 0) is 17.2 Å². The Bertz CT molecular complexity index is 618. The number of nitrogens with one attached hydrogen (secondary N) is 2. The molecule has 0 aliphatic carbocycles. The molecule has 2 N–H and O–H groups in total. The standard InChI is InChI=1S/C24H40N2OSi2/c1-28(2,19-11-17-25-21-23-13-7-5-8-14-23)27-29(3,4)20-12-18-26-22-24-15-9-6-10-16-24/h5-10,13-16,25-26H,11-12,17-22H2,1-4H3. The van der Waals surface area contributed by atoms with Gasteiger partial charge < -0.3 is 14.7 Å². The molecule has 0 aliphatic heterocycles. The van der Waals surface area contributed by atoms with Gasteiger partial charge in [0.15, 0.2) is 16.6 Å². The maximum atomic E-state index is 6.78. The van der Waals surface area contributed by atoms with Crippen LogP contribution in [0.25, 0.3) is 0 Å². The molecule has 0 aliphatic rings. The van der Waals surface area contributed by atoms with Crippen molar-refractivity contribution in [1.29, 1.82) is 0 Å². The van der Waals surface area contributed by atoms with Crippen molar-refractivity contribution >= 4 is 16.6 Å². The van der Waals surface area contributed by atoms with Crippen LogP contribution in [0.2, 0.25) is 38.3 Å². The lowest BCUT2D eigenvalue weighted by atomic mass is 10.2. The Morgan fingerprint density at radius 1 is 0.621 bits per heavy atom. The lowest BCUT2D eigenvalue weighted by Gasteiger charge is -2.34. The molecule has 0 amide bonds. The molecule has 2 aromatic carbocycles. The molecule has 0 bridgehead atoms. The van der Waals surface area contributed by atoms with Gasteiger partial charge >= 0.3 is 0 Å². The molecule has 160 valence electrons. The molecule has 0 radical (unpaired) electrons. The summed E-state index contributed by atoms with van der Waals surface area (Å²) in [6.07, 6.45) is 2.41. The Hall–Kier alpha value is -1.25. The third-order valence-electron chi connectivity index (χ3n) is 5.16. The summed E-state index contributed by atoms with van der Waals surface area (Å²) in [5.74, 6) is 0. The zero-order valence-corrected chi connectivity index (χ0v) is 20.8. The molecule has 29 heavy (non-hydrogen) atoms. The molecular formula is C24H40N2OSi2. The van der Waals surface area contributed by atoms with E-state index in [1.807, 2.05) is 0 Å². The summed E-state index contributed by atoms with van der Waals surface area (Å²) in [7, 11) is -3.18. The second-order valence-electron chi connectivity index (χ2n) is 9.15. The first kappa shape index (κ1) is 24.0. The van der Waals surface area contributed by atoms with E-state index in [-0.39, 0.29) is 0 Å². The summed E-state index contributed by atoms with van der Waals surface area (Å²) in [6.45, 7) is 13.6. The molecule has 0 unspecified atom stereocenters. The van der Waals surface area contributed by atoms with E-state index in [0.717, 1.165) is 26.2 Å². The van der Waals surface area contributed by atoms with Gasteiger partial charge in [0.05, 0.1) is 0 Å². The van der Waals surface area contributed by atoms with Crippen molar-refractivity contribution in [3.05, 3.63) is 71.8 Å². The molecule has 0 saturated carbocycles. The van der Waals surface area contributed by atoms with E-state index in [0.29, 0.717) is 0 Å². The highest BCUT2D eigenvalue weighted by Gasteiger charge is 2.32. The van der Waals surface area contributed by atoms with Crippen LogP contribution < -0.4 is 10.6 Å². The van der Waals surface area contributed by atoms with Crippen molar-refractivity contribution in [2.75, 3.05) is 13.1 Å². The minimum atomic E-state index is -1.59. The molecule has 5 heteroatoms. The smallest absolute Gasteiger partial charge is 0.173 e. The average molecular weight is 429 g/mol. The van der Waals surface area contributed by atoms with Crippen LogP contribution >= 0.6 is 0 Å². The van der Waals surface area contributed by atoms with E-state index in [1.165, 1.54) is 36.1 Å². The lowest BCUT2D eigenvalue weighted by Crippen LogP contribution is -2.44. The van der Waals surface area contributed by atoms with Gasteiger partial charge in [-0.15, -0.1) is 0 Å². The minimum absolute atomic E-state index is 0.958. The van der Waals surface area contributed by atoms with E-state index in [9.17, 15) is 0 Å². The average Bonchev–Trinajstić information content (AvgIpc) is 2.68. The first-order valence-electron chi connectivity index (χ1n) is 11.1. The summed E-state index contributed by atoms with van der Waals surface area (Å²) in [5.41, 5.74) is 2.71. The highest BCUT2D eigenvalue weighted by Crippen LogP contribution is 2.23. The zero-order valence-electron chi connectivity index (χ0n) is 18.8. The van der Waals surface area contributed by atoms with Crippen LogP contribution in [-0.4, -0.2) is 29.7 Å². The second-order valence-corrected chi connectivity index (χ2v) is 18.0. The van der Waals surface area contributed by atoms with Crippen LogP contribution in [0.15, 0.2) is 60.7 Å². The molecule has 0 spiro atoms. The van der Waals surface area contributed by atoms with Crippen LogP contribution in [0, 0.1) is 0 Å². The minimum Gasteiger partial charge on any atom is -0.455 e. The van der Waals surface area contributed by atoms with Gasteiger partial charge in [-0.1, -0.05) is 60.7 Å². The van der Waals surface area contributed by atoms with Gasteiger partial charge in [0.2, 0.25) is 0 Å². The van der Waals surface area contributed by atoms with Gasteiger partial charge in [0, 0.05) is 13.1 Å². The maximum Gasteiger partial charge on any atom is 0.173 e. The Balaban J connectivity index is 1.57. The molecule has 0 heterocycles. The van der Waals surface area contributed by atoms with E-state index in [4.69, 9.17) is 4.12 Å². The predicted octanol–water partition coefficient (Wildman–Crippen LogP) is 5.77. The van der Waals surface area contributed by atoms with Gasteiger partial charge in [0.25, 0.3) is 0 Å². The third kappa shape index (κ3) is 10.9. The van der Waals surface area contributed by atoms with Crippen molar-refractivity contribution in [3.63, 3.8) is 0 Å². The number of benzene rings is 2. The van der Waals surface area contributed by atoms with E-state index < -0.39 is 16.6 Å². The molecule has 3 nitrogen and oxygen atoms in total. The van der Waals surface area contributed by atoms with E-state index in [2.05, 4.69) is 97.5 Å². The first-order chi connectivity index (χ1) is 13.9. The monoisotopic (exact) mass is 428 g/mol. The quantitative estimate of drug-likeness (QED) is 0.296. The predicted molar refractivity (Wildman–Crippen MR) is 131 cm³/mol. The molecule has 2 aromatic rings. The fraction of sp³-hybridized carbons (Fsp3) is 0.500. The van der Waals surface area contributed by atoms with Crippen molar-refractivity contribution < 1.29 is 4.12 Å². The van der Waals surface area contributed by atoms with E-state index in [1.54, 1.807) is 0 Å². The normalized spacial score (nSPS) is 12.3. The van der Waals surface area contributed by atoms with Gasteiger partial charge in [-0.2, -0.15) is 0 Å². The Labute approximate surface area is 180 Å². The van der Waals surface area contributed by atoms with Crippen LogP contribution in [0.1, 0.15) is 24.0 Å². The number of hydrogen-bond acceptors (Lipinski definition) is 3.